The van der Waals surface area contributed by atoms with Gasteiger partial charge in [-0.15, -0.1) is 0 Å². The lowest BCUT2D eigenvalue weighted by Crippen LogP contribution is -2.46. The zero-order valence-electron chi connectivity index (χ0n) is 15.4. The molecule has 0 bridgehead atoms. The maximum atomic E-state index is 12.5. The number of hydrogen-bond acceptors (Lipinski definition) is 3. The van der Waals surface area contributed by atoms with Gasteiger partial charge in [0.2, 0.25) is 5.91 Å². The molecule has 0 aliphatic carbocycles. The zero-order chi connectivity index (χ0) is 17.1. The molecule has 0 aromatic rings. The molecule has 0 N–H and O–H groups in total. The Kier molecular flexibility index (Phi) is 10.9. The maximum Gasteiger partial charge on any atom is 0.328 e. The van der Waals surface area contributed by atoms with E-state index in [-0.39, 0.29) is 18.0 Å². The quantitative estimate of drug-likeness (QED) is 0.425. The van der Waals surface area contributed by atoms with Crippen molar-refractivity contribution in [2.24, 2.45) is 5.92 Å². The van der Waals surface area contributed by atoms with Crippen molar-refractivity contribution in [3.05, 3.63) is 0 Å². The molecular formula is C18H35NO3. The minimum atomic E-state index is -0.505. The number of carbonyl (C=O) groups is 2. The van der Waals surface area contributed by atoms with E-state index in [9.17, 15) is 9.59 Å². The highest BCUT2D eigenvalue weighted by Gasteiger charge is 2.28. The fourth-order valence-corrected chi connectivity index (χ4v) is 2.22. The van der Waals surface area contributed by atoms with Gasteiger partial charge in [-0.1, -0.05) is 47.0 Å². The molecule has 2 unspecified atom stereocenters. The Morgan fingerprint density at radius 3 is 2.14 bits per heavy atom. The van der Waals surface area contributed by atoms with Crippen LogP contribution in [0, 0.1) is 5.92 Å². The van der Waals surface area contributed by atoms with Crippen LogP contribution in [-0.4, -0.2) is 35.5 Å². The Hall–Kier alpha value is -1.06. The molecule has 0 fully saturated rings. The molecule has 0 saturated heterocycles. The van der Waals surface area contributed by atoms with Crippen LogP contribution in [0.3, 0.4) is 0 Å². The highest BCUT2D eigenvalue weighted by atomic mass is 16.5. The van der Waals surface area contributed by atoms with Gasteiger partial charge in [-0.05, 0) is 32.6 Å². The summed E-state index contributed by atoms with van der Waals surface area (Å²) in [5.74, 6) is 0.105. The average molecular weight is 313 g/mol. The van der Waals surface area contributed by atoms with E-state index in [1.54, 1.807) is 11.8 Å². The second-order valence-corrected chi connectivity index (χ2v) is 6.58. The first-order valence-corrected chi connectivity index (χ1v) is 8.83. The fraction of sp³-hybridized carbons (Fsp3) is 0.889. The summed E-state index contributed by atoms with van der Waals surface area (Å²) in [6, 6.07) is -0.505. The summed E-state index contributed by atoms with van der Waals surface area (Å²) in [5.41, 5.74) is 0. The molecule has 130 valence electrons. The smallest absolute Gasteiger partial charge is 0.328 e. The number of hydrogen-bond donors (Lipinski definition) is 0. The molecule has 0 saturated carbocycles. The van der Waals surface area contributed by atoms with Gasteiger partial charge < -0.3 is 9.64 Å². The second-order valence-electron chi connectivity index (χ2n) is 6.58. The topological polar surface area (TPSA) is 46.6 Å². The van der Waals surface area contributed by atoms with E-state index in [0.29, 0.717) is 18.9 Å². The van der Waals surface area contributed by atoms with E-state index in [4.69, 9.17) is 4.74 Å². The highest BCUT2D eigenvalue weighted by molar-refractivity contribution is 5.84. The van der Waals surface area contributed by atoms with Crippen LogP contribution in [0.1, 0.15) is 80.1 Å². The third-order valence-corrected chi connectivity index (χ3v) is 3.83. The van der Waals surface area contributed by atoms with Crippen molar-refractivity contribution < 1.29 is 14.3 Å². The van der Waals surface area contributed by atoms with Crippen molar-refractivity contribution in [3.8, 4) is 0 Å². The van der Waals surface area contributed by atoms with Gasteiger partial charge >= 0.3 is 5.97 Å². The molecule has 0 aliphatic heterocycles. The first-order chi connectivity index (χ1) is 10.3. The number of amides is 1. The Balaban J connectivity index is 4.65. The van der Waals surface area contributed by atoms with Gasteiger partial charge in [0.25, 0.3) is 0 Å². The standard InChI is InChI=1S/C18H35NO3/c1-7-9-10-11-12-17(20)19(13-14(3)4)16(6)18(21)22-15(5)8-2/h14-16H,7-13H2,1-6H3. The van der Waals surface area contributed by atoms with Crippen LogP contribution >= 0.6 is 0 Å². The summed E-state index contributed by atoms with van der Waals surface area (Å²) in [4.78, 5) is 26.4. The van der Waals surface area contributed by atoms with Gasteiger partial charge in [-0.25, -0.2) is 4.79 Å². The highest BCUT2D eigenvalue weighted by Crippen LogP contribution is 2.13. The van der Waals surface area contributed by atoms with Gasteiger partial charge in [0.05, 0.1) is 6.10 Å². The number of unbranched alkanes of at least 4 members (excludes halogenated alkanes) is 3. The Bertz CT molecular complexity index is 328. The van der Waals surface area contributed by atoms with Crippen LogP contribution in [0.25, 0.3) is 0 Å². The largest absolute Gasteiger partial charge is 0.461 e. The third-order valence-electron chi connectivity index (χ3n) is 3.83. The monoisotopic (exact) mass is 313 g/mol. The van der Waals surface area contributed by atoms with Crippen molar-refractivity contribution in [2.45, 2.75) is 92.2 Å². The molecule has 0 aliphatic rings. The summed E-state index contributed by atoms with van der Waals surface area (Å²) in [5, 5.41) is 0. The van der Waals surface area contributed by atoms with Crippen LogP contribution < -0.4 is 0 Å². The van der Waals surface area contributed by atoms with Gasteiger partial charge in [0, 0.05) is 13.0 Å². The number of rotatable bonds is 11. The van der Waals surface area contributed by atoms with Gasteiger partial charge in [-0.3, -0.25) is 4.79 Å². The van der Waals surface area contributed by atoms with Crippen molar-refractivity contribution in [1.29, 1.82) is 0 Å². The normalized spacial score (nSPS) is 13.8. The van der Waals surface area contributed by atoms with Gasteiger partial charge in [0.15, 0.2) is 0 Å². The van der Waals surface area contributed by atoms with Crippen LogP contribution in [0.5, 0.6) is 0 Å². The minimum Gasteiger partial charge on any atom is -0.461 e. The molecule has 2 atom stereocenters. The number of nitrogens with zero attached hydrogens (tertiary/aromatic N) is 1. The van der Waals surface area contributed by atoms with E-state index in [2.05, 4.69) is 20.8 Å². The first kappa shape index (κ1) is 20.9. The molecule has 4 heteroatoms. The van der Waals surface area contributed by atoms with E-state index in [1.165, 1.54) is 0 Å². The van der Waals surface area contributed by atoms with Crippen molar-refractivity contribution in [3.63, 3.8) is 0 Å². The molecule has 4 nitrogen and oxygen atoms in total. The Morgan fingerprint density at radius 2 is 1.64 bits per heavy atom. The summed E-state index contributed by atoms with van der Waals surface area (Å²) < 4.78 is 5.38. The molecule has 0 radical (unpaired) electrons. The lowest BCUT2D eigenvalue weighted by Gasteiger charge is -2.30. The van der Waals surface area contributed by atoms with Crippen molar-refractivity contribution in [2.75, 3.05) is 6.54 Å². The molecular weight excluding hydrogens is 278 g/mol. The fourth-order valence-electron chi connectivity index (χ4n) is 2.22. The van der Waals surface area contributed by atoms with Crippen LogP contribution in [0.4, 0.5) is 0 Å². The lowest BCUT2D eigenvalue weighted by atomic mass is 10.1. The number of esters is 1. The molecule has 1 amide bonds. The predicted octanol–water partition coefficient (Wildman–Crippen LogP) is 4.17. The van der Waals surface area contributed by atoms with Crippen LogP contribution in [0.2, 0.25) is 0 Å². The second kappa shape index (κ2) is 11.5. The summed E-state index contributed by atoms with van der Waals surface area (Å²) in [6.45, 7) is 12.5. The predicted molar refractivity (Wildman–Crippen MR) is 90.6 cm³/mol. The first-order valence-electron chi connectivity index (χ1n) is 8.83. The molecule has 0 aromatic carbocycles. The van der Waals surface area contributed by atoms with Crippen molar-refractivity contribution >= 4 is 11.9 Å². The summed E-state index contributed by atoms with van der Waals surface area (Å²) >= 11 is 0. The molecule has 0 rings (SSSR count). The van der Waals surface area contributed by atoms with Crippen LogP contribution in [0.15, 0.2) is 0 Å². The summed E-state index contributed by atoms with van der Waals surface area (Å²) in [7, 11) is 0. The Morgan fingerprint density at radius 1 is 1.00 bits per heavy atom. The minimum absolute atomic E-state index is 0.0680. The van der Waals surface area contributed by atoms with Gasteiger partial charge in [-0.2, -0.15) is 0 Å². The Labute approximate surface area is 136 Å². The molecule has 0 heterocycles. The SMILES string of the molecule is CCCCCCC(=O)N(CC(C)C)C(C)C(=O)OC(C)CC. The lowest BCUT2D eigenvalue weighted by molar-refractivity contribution is -0.158. The van der Waals surface area contributed by atoms with Crippen LogP contribution in [-0.2, 0) is 14.3 Å². The van der Waals surface area contributed by atoms with Crippen molar-refractivity contribution in [1.82, 2.24) is 4.90 Å². The van der Waals surface area contributed by atoms with Gasteiger partial charge in [0.1, 0.15) is 6.04 Å². The molecule has 0 spiro atoms. The van der Waals surface area contributed by atoms with E-state index < -0.39 is 6.04 Å². The third kappa shape index (κ3) is 8.40. The van der Waals surface area contributed by atoms with E-state index >= 15 is 0 Å². The summed E-state index contributed by atoms with van der Waals surface area (Å²) in [6.07, 6.45) is 5.49. The average Bonchev–Trinajstić information content (AvgIpc) is 2.47. The maximum absolute atomic E-state index is 12.5. The molecule has 22 heavy (non-hydrogen) atoms. The van der Waals surface area contributed by atoms with E-state index in [0.717, 1.165) is 32.1 Å². The number of carbonyl (C=O) groups excluding carboxylic acids is 2. The molecule has 0 aromatic heterocycles. The van der Waals surface area contributed by atoms with E-state index in [1.807, 2.05) is 13.8 Å². The number of ether oxygens (including phenoxy) is 1. The zero-order valence-corrected chi connectivity index (χ0v) is 15.4.